The second-order valence-corrected chi connectivity index (χ2v) is 5.24. The van der Waals surface area contributed by atoms with Gasteiger partial charge >= 0.3 is 0 Å². The average molecular weight is 300 g/mol. The van der Waals surface area contributed by atoms with Gasteiger partial charge in [-0.3, -0.25) is 4.79 Å². The van der Waals surface area contributed by atoms with Gasteiger partial charge in [0.25, 0.3) is 0 Å². The Labute approximate surface area is 127 Å². The van der Waals surface area contributed by atoms with Crippen molar-refractivity contribution in [3.63, 3.8) is 0 Å². The molecule has 0 aliphatic carbocycles. The van der Waals surface area contributed by atoms with Gasteiger partial charge < -0.3 is 19.7 Å². The zero-order valence-corrected chi connectivity index (χ0v) is 12.3. The van der Waals surface area contributed by atoms with Crippen LogP contribution in [0.2, 0.25) is 0 Å². The topological polar surface area (TPSA) is 76.0 Å². The van der Waals surface area contributed by atoms with E-state index in [-0.39, 0.29) is 35.2 Å². The molecule has 114 valence electrons. The third-order valence-corrected chi connectivity index (χ3v) is 3.96. The summed E-state index contributed by atoms with van der Waals surface area (Å²) in [5.74, 6) is -0.0993. The Morgan fingerprint density at radius 2 is 1.86 bits per heavy atom. The predicted molar refractivity (Wildman–Crippen MR) is 80.1 cm³/mol. The molecule has 2 aromatic carbocycles. The first kappa shape index (κ1) is 14.3. The standard InChI is InChI=1S/C17H16O5/c1-9-13(18)7-14(19)15-16(20)12(8-22-17(9)15)10-3-5-11(21-2)6-4-10/h3-7,12,18-19H,8H2,1-2H3. The second-order valence-electron chi connectivity index (χ2n) is 5.24. The number of hydrogen-bond donors (Lipinski definition) is 2. The minimum absolute atomic E-state index is 0.0908. The van der Waals surface area contributed by atoms with Crippen LogP contribution in [-0.2, 0) is 0 Å². The number of fused-ring (bicyclic) bond motifs is 1. The van der Waals surface area contributed by atoms with E-state index < -0.39 is 5.92 Å². The summed E-state index contributed by atoms with van der Waals surface area (Å²) in [4.78, 5) is 12.7. The fourth-order valence-corrected chi connectivity index (χ4v) is 2.65. The minimum atomic E-state index is -0.492. The number of carbonyl (C=O) groups excluding carboxylic acids is 1. The number of hydrogen-bond acceptors (Lipinski definition) is 5. The first-order valence-corrected chi connectivity index (χ1v) is 6.89. The summed E-state index contributed by atoms with van der Waals surface area (Å²) in [7, 11) is 1.58. The van der Waals surface area contributed by atoms with Crippen LogP contribution in [0.5, 0.6) is 23.0 Å². The smallest absolute Gasteiger partial charge is 0.181 e. The quantitative estimate of drug-likeness (QED) is 0.892. The van der Waals surface area contributed by atoms with Gasteiger partial charge in [0.05, 0.1) is 13.0 Å². The van der Waals surface area contributed by atoms with Crippen molar-refractivity contribution in [2.45, 2.75) is 12.8 Å². The first-order valence-electron chi connectivity index (χ1n) is 6.89. The Kier molecular flexibility index (Phi) is 3.41. The number of phenols is 2. The van der Waals surface area contributed by atoms with Crippen LogP contribution >= 0.6 is 0 Å². The molecule has 2 N–H and O–H groups in total. The third kappa shape index (κ3) is 2.15. The van der Waals surface area contributed by atoms with E-state index in [1.54, 1.807) is 38.3 Å². The van der Waals surface area contributed by atoms with Gasteiger partial charge in [-0.25, -0.2) is 0 Å². The number of ketones is 1. The van der Waals surface area contributed by atoms with E-state index in [0.29, 0.717) is 11.3 Å². The van der Waals surface area contributed by atoms with Crippen LogP contribution in [0.25, 0.3) is 0 Å². The molecule has 1 atom stereocenters. The number of Topliss-reactive ketones (excluding diaryl/α,β-unsaturated/α-hetero) is 1. The molecule has 0 amide bonds. The molecule has 0 fully saturated rings. The van der Waals surface area contributed by atoms with Crippen molar-refractivity contribution in [3.05, 3.63) is 47.0 Å². The van der Waals surface area contributed by atoms with Crippen LogP contribution in [0.3, 0.4) is 0 Å². The molecule has 0 bridgehead atoms. The van der Waals surface area contributed by atoms with Crippen LogP contribution in [0.4, 0.5) is 0 Å². The number of phenolic OH excluding ortho intramolecular Hbond substituents is 2. The molecule has 5 heteroatoms. The second kappa shape index (κ2) is 5.26. The molecule has 0 aromatic heterocycles. The van der Waals surface area contributed by atoms with E-state index in [4.69, 9.17) is 9.47 Å². The number of aromatic hydroxyl groups is 2. The fourth-order valence-electron chi connectivity index (χ4n) is 2.65. The fraction of sp³-hybridized carbons (Fsp3) is 0.235. The van der Waals surface area contributed by atoms with Crippen LogP contribution < -0.4 is 9.47 Å². The van der Waals surface area contributed by atoms with Gasteiger partial charge in [-0.15, -0.1) is 0 Å². The first-order chi connectivity index (χ1) is 10.5. The van der Waals surface area contributed by atoms with Crippen LogP contribution in [0.1, 0.15) is 27.4 Å². The van der Waals surface area contributed by atoms with Crippen LogP contribution in [0.15, 0.2) is 30.3 Å². The zero-order chi connectivity index (χ0) is 15.9. The van der Waals surface area contributed by atoms with Gasteiger partial charge in [0, 0.05) is 11.6 Å². The SMILES string of the molecule is COc1ccc(C2COc3c(C)c(O)cc(O)c3C2=O)cc1. The van der Waals surface area contributed by atoms with Gasteiger partial charge in [0.15, 0.2) is 5.78 Å². The lowest BCUT2D eigenvalue weighted by atomic mass is 9.87. The number of rotatable bonds is 2. The summed E-state index contributed by atoms with van der Waals surface area (Å²) in [6.45, 7) is 1.82. The minimum Gasteiger partial charge on any atom is -0.507 e. The third-order valence-electron chi connectivity index (χ3n) is 3.96. The Morgan fingerprint density at radius 3 is 2.50 bits per heavy atom. The summed E-state index contributed by atoms with van der Waals surface area (Å²) in [6.07, 6.45) is 0. The number of benzene rings is 2. The van der Waals surface area contributed by atoms with Gasteiger partial charge in [-0.05, 0) is 24.6 Å². The van der Waals surface area contributed by atoms with Crippen molar-refractivity contribution < 1.29 is 24.5 Å². The number of ether oxygens (including phenoxy) is 2. The van der Waals surface area contributed by atoms with Gasteiger partial charge in [-0.2, -0.15) is 0 Å². The van der Waals surface area contributed by atoms with Crippen molar-refractivity contribution in [3.8, 4) is 23.0 Å². The largest absolute Gasteiger partial charge is 0.507 e. The monoisotopic (exact) mass is 300 g/mol. The van der Waals surface area contributed by atoms with E-state index in [0.717, 1.165) is 5.56 Å². The van der Waals surface area contributed by atoms with E-state index in [9.17, 15) is 15.0 Å². The molecule has 22 heavy (non-hydrogen) atoms. The van der Waals surface area contributed by atoms with Crippen molar-refractivity contribution in [2.24, 2.45) is 0 Å². The van der Waals surface area contributed by atoms with E-state index in [1.807, 2.05) is 0 Å². The normalized spacial score (nSPS) is 16.8. The maximum absolute atomic E-state index is 12.7. The summed E-state index contributed by atoms with van der Waals surface area (Å²) < 4.78 is 10.7. The molecule has 0 saturated heterocycles. The highest BCUT2D eigenvalue weighted by atomic mass is 16.5. The molecular formula is C17H16O5. The maximum Gasteiger partial charge on any atom is 0.181 e. The molecule has 0 spiro atoms. The molecule has 0 radical (unpaired) electrons. The van der Waals surface area contributed by atoms with Crippen molar-refractivity contribution in [2.75, 3.05) is 13.7 Å². The highest BCUT2D eigenvalue weighted by molar-refractivity contribution is 6.07. The molecule has 1 aliphatic rings. The van der Waals surface area contributed by atoms with Crippen molar-refractivity contribution in [1.82, 2.24) is 0 Å². The highest BCUT2D eigenvalue weighted by Crippen LogP contribution is 2.43. The lowest BCUT2D eigenvalue weighted by Crippen LogP contribution is -2.26. The molecule has 3 rings (SSSR count). The summed E-state index contributed by atoms with van der Waals surface area (Å²) >= 11 is 0. The number of carbonyl (C=O) groups is 1. The van der Waals surface area contributed by atoms with Gasteiger partial charge in [0.2, 0.25) is 0 Å². The van der Waals surface area contributed by atoms with Crippen molar-refractivity contribution in [1.29, 1.82) is 0 Å². The van der Waals surface area contributed by atoms with Crippen LogP contribution in [0, 0.1) is 6.92 Å². The number of methoxy groups -OCH3 is 1. The van der Waals surface area contributed by atoms with Crippen molar-refractivity contribution >= 4 is 5.78 Å². The van der Waals surface area contributed by atoms with Gasteiger partial charge in [-0.1, -0.05) is 12.1 Å². The zero-order valence-electron chi connectivity index (χ0n) is 12.3. The van der Waals surface area contributed by atoms with Crippen LogP contribution in [-0.4, -0.2) is 29.7 Å². The van der Waals surface area contributed by atoms with E-state index >= 15 is 0 Å². The van der Waals surface area contributed by atoms with E-state index in [2.05, 4.69) is 0 Å². The molecule has 2 aromatic rings. The molecule has 1 aliphatic heterocycles. The molecule has 0 saturated carbocycles. The Balaban J connectivity index is 2.02. The van der Waals surface area contributed by atoms with E-state index in [1.165, 1.54) is 6.07 Å². The lowest BCUT2D eigenvalue weighted by molar-refractivity contribution is 0.0891. The van der Waals surface area contributed by atoms with Gasteiger partial charge in [0.1, 0.15) is 35.2 Å². The lowest BCUT2D eigenvalue weighted by Gasteiger charge is -2.26. The highest BCUT2D eigenvalue weighted by Gasteiger charge is 2.34. The molecule has 1 unspecified atom stereocenters. The summed E-state index contributed by atoms with van der Waals surface area (Å²) in [5.41, 5.74) is 1.37. The summed E-state index contributed by atoms with van der Waals surface area (Å²) in [6, 6.07) is 8.34. The predicted octanol–water partition coefficient (Wildman–Crippen LogP) is 2.77. The summed E-state index contributed by atoms with van der Waals surface area (Å²) in [5, 5.41) is 19.7. The molecular weight excluding hydrogens is 284 g/mol. The molecule has 5 nitrogen and oxygen atoms in total. The Morgan fingerprint density at radius 1 is 1.18 bits per heavy atom. The Bertz CT molecular complexity index is 734. The maximum atomic E-state index is 12.7. The average Bonchev–Trinajstić information content (AvgIpc) is 2.52. The Hall–Kier alpha value is -2.69. The molecule has 1 heterocycles.